The van der Waals surface area contributed by atoms with Gasteiger partial charge in [0.2, 0.25) is 11.7 Å². The molecule has 0 aromatic heterocycles. The predicted molar refractivity (Wildman–Crippen MR) is 114 cm³/mol. The highest BCUT2D eigenvalue weighted by Crippen LogP contribution is 2.40. The Morgan fingerprint density at radius 3 is 2.13 bits per heavy atom. The van der Waals surface area contributed by atoms with Crippen molar-refractivity contribution in [2.45, 2.75) is 25.7 Å². The smallest absolute Gasteiger partial charge is 0.294 e. The minimum absolute atomic E-state index is 0.187. The molecule has 2 aliphatic rings. The van der Waals surface area contributed by atoms with E-state index >= 15 is 0 Å². The van der Waals surface area contributed by atoms with Crippen LogP contribution in [0.3, 0.4) is 0 Å². The number of nitrogens with zero attached hydrogens (tertiary/aromatic N) is 2. The highest BCUT2D eigenvalue weighted by Gasteiger charge is 2.37. The van der Waals surface area contributed by atoms with Crippen LogP contribution in [0.4, 0.5) is 4.79 Å². The molecular formula is C21H26N2O6S. The van der Waals surface area contributed by atoms with Gasteiger partial charge in [0, 0.05) is 13.1 Å². The van der Waals surface area contributed by atoms with Crippen molar-refractivity contribution in [2.24, 2.45) is 0 Å². The molecule has 1 aromatic rings. The van der Waals surface area contributed by atoms with Crippen molar-refractivity contribution < 1.29 is 28.6 Å². The summed E-state index contributed by atoms with van der Waals surface area (Å²) in [4.78, 5) is 40.8. The van der Waals surface area contributed by atoms with Crippen LogP contribution in [-0.4, -0.2) is 67.8 Å². The van der Waals surface area contributed by atoms with E-state index in [1.165, 1.54) is 21.3 Å². The molecule has 30 heavy (non-hydrogen) atoms. The summed E-state index contributed by atoms with van der Waals surface area (Å²) in [5.41, 5.74) is 0.619. The minimum atomic E-state index is -0.470. The van der Waals surface area contributed by atoms with Gasteiger partial charge in [0.15, 0.2) is 11.5 Å². The van der Waals surface area contributed by atoms with E-state index < -0.39 is 11.1 Å². The van der Waals surface area contributed by atoms with E-state index in [2.05, 4.69) is 0 Å². The molecule has 2 fully saturated rings. The second kappa shape index (κ2) is 9.88. The molecule has 0 spiro atoms. The third-order valence-corrected chi connectivity index (χ3v) is 6.02. The lowest BCUT2D eigenvalue weighted by Crippen LogP contribution is -2.42. The molecule has 0 saturated carbocycles. The largest absolute Gasteiger partial charge is 0.493 e. The van der Waals surface area contributed by atoms with Crippen LogP contribution in [0.1, 0.15) is 31.2 Å². The summed E-state index contributed by atoms with van der Waals surface area (Å²) in [6.45, 7) is 1.13. The molecule has 9 heteroatoms. The summed E-state index contributed by atoms with van der Waals surface area (Å²) in [5.74, 6) is 0.667. The molecule has 0 unspecified atom stereocenters. The van der Waals surface area contributed by atoms with E-state index in [9.17, 15) is 14.4 Å². The van der Waals surface area contributed by atoms with E-state index in [0.717, 1.165) is 42.3 Å². The number of hydrogen-bond donors (Lipinski definition) is 0. The quantitative estimate of drug-likeness (QED) is 0.636. The fourth-order valence-electron chi connectivity index (χ4n) is 3.53. The standard InChI is InChI=1S/C21H26N2O6S/c1-27-15-10-14(11-16(28-2)19(15)29-3)12-17-20(25)23(21(26)30-17)13-18(24)22-8-6-4-5-7-9-22/h10-12H,4-9,13H2,1-3H3/b17-12-. The van der Waals surface area contributed by atoms with Gasteiger partial charge in [-0.25, -0.2) is 0 Å². The monoisotopic (exact) mass is 434 g/mol. The number of carbonyl (C=O) groups is 3. The molecule has 0 N–H and O–H groups in total. The first-order valence-corrected chi connectivity index (χ1v) is 10.6. The van der Waals surface area contributed by atoms with E-state index in [-0.39, 0.29) is 17.4 Å². The summed E-state index contributed by atoms with van der Waals surface area (Å²) in [5, 5.41) is -0.443. The van der Waals surface area contributed by atoms with Crippen LogP contribution in [0.5, 0.6) is 17.2 Å². The lowest BCUT2D eigenvalue weighted by atomic mass is 10.1. The molecule has 0 atom stereocenters. The number of ether oxygens (including phenoxy) is 3. The number of likely N-dealkylation sites (tertiary alicyclic amines) is 1. The van der Waals surface area contributed by atoms with Gasteiger partial charge in [-0.3, -0.25) is 19.3 Å². The first kappa shape index (κ1) is 22.0. The molecule has 3 rings (SSSR count). The molecule has 0 aliphatic carbocycles. The summed E-state index contributed by atoms with van der Waals surface area (Å²) in [6.07, 6.45) is 5.70. The maximum Gasteiger partial charge on any atom is 0.294 e. The first-order chi connectivity index (χ1) is 14.5. The number of hydrogen-bond acceptors (Lipinski definition) is 7. The lowest BCUT2D eigenvalue weighted by Gasteiger charge is -2.22. The van der Waals surface area contributed by atoms with Gasteiger partial charge in [0.05, 0.1) is 26.2 Å². The zero-order valence-electron chi connectivity index (χ0n) is 17.4. The third-order valence-electron chi connectivity index (χ3n) is 5.11. The maximum atomic E-state index is 12.8. The van der Waals surface area contributed by atoms with Crippen LogP contribution in [0.25, 0.3) is 6.08 Å². The van der Waals surface area contributed by atoms with Crippen LogP contribution in [0.15, 0.2) is 17.0 Å². The van der Waals surface area contributed by atoms with Gasteiger partial charge in [-0.15, -0.1) is 0 Å². The molecule has 0 radical (unpaired) electrons. The number of methoxy groups -OCH3 is 3. The number of benzene rings is 1. The Morgan fingerprint density at radius 1 is 1.00 bits per heavy atom. The fourth-order valence-corrected chi connectivity index (χ4v) is 4.37. The van der Waals surface area contributed by atoms with Crippen LogP contribution in [-0.2, 0) is 9.59 Å². The highest BCUT2D eigenvalue weighted by molar-refractivity contribution is 8.18. The van der Waals surface area contributed by atoms with Gasteiger partial charge in [-0.05, 0) is 48.4 Å². The number of imide groups is 1. The predicted octanol–water partition coefficient (Wildman–Crippen LogP) is 3.15. The van der Waals surface area contributed by atoms with Crippen molar-refractivity contribution in [3.63, 3.8) is 0 Å². The van der Waals surface area contributed by atoms with Crippen LogP contribution in [0.2, 0.25) is 0 Å². The first-order valence-electron chi connectivity index (χ1n) is 9.81. The van der Waals surface area contributed by atoms with Crippen molar-refractivity contribution in [1.82, 2.24) is 9.80 Å². The molecule has 3 amide bonds. The topological polar surface area (TPSA) is 85.4 Å². The van der Waals surface area contributed by atoms with Crippen LogP contribution < -0.4 is 14.2 Å². The summed E-state index contributed by atoms with van der Waals surface area (Å²) in [7, 11) is 4.51. The molecule has 2 heterocycles. The highest BCUT2D eigenvalue weighted by atomic mass is 32.2. The SMILES string of the molecule is COc1cc(/C=C2\SC(=O)N(CC(=O)N3CCCCCC3)C2=O)cc(OC)c1OC. The van der Waals surface area contributed by atoms with Crippen molar-refractivity contribution in [3.05, 3.63) is 22.6 Å². The number of carbonyl (C=O) groups excluding carboxylic acids is 3. The number of rotatable bonds is 6. The van der Waals surface area contributed by atoms with Crippen LogP contribution >= 0.6 is 11.8 Å². The third kappa shape index (κ3) is 4.72. The van der Waals surface area contributed by atoms with Gasteiger partial charge in [0.1, 0.15) is 6.54 Å². The Hall–Kier alpha value is -2.68. The van der Waals surface area contributed by atoms with Crippen molar-refractivity contribution in [2.75, 3.05) is 41.0 Å². The maximum absolute atomic E-state index is 12.8. The molecule has 8 nitrogen and oxygen atoms in total. The molecule has 2 aliphatic heterocycles. The zero-order valence-corrected chi connectivity index (χ0v) is 18.3. The number of amides is 3. The van der Waals surface area contributed by atoms with Gasteiger partial charge in [-0.2, -0.15) is 0 Å². The van der Waals surface area contributed by atoms with E-state index in [1.807, 2.05) is 0 Å². The molecule has 162 valence electrons. The van der Waals surface area contributed by atoms with Crippen molar-refractivity contribution in [3.8, 4) is 17.2 Å². The normalized spacial score (nSPS) is 18.6. The summed E-state index contributed by atoms with van der Waals surface area (Å²) in [6, 6.07) is 3.38. The average molecular weight is 435 g/mol. The molecule has 2 saturated heterocycles. The molecule has 1 aromatic carbocycles. The molecule has 0 bridgehead atoms. The minimum Gasteiger partial charge on any atom is -0.493 e. The van der Waals surface area contributed by atoms with Crippen molar-refractivity contribution in [1.29, 1.82) is 0 Å². The summed E-state index contributed by atoms with van der Waals surface area (Å²) >= 11 is 0.821. The van der Waals surface area contributed by atoms with E-state index in [4.69, 9.17) is 14.2 Å². The zero-order chi connectivity index (χ0) is 21.7. The van der Waals surface area contributed by atoms with Gasteiger partial charge in [0.25, 0.3) is 11.1 Å². The van der Waals surface area contributed by atoms with E-state index in [1.54, 1.807) is 23.1 Å². The van der Waals surface area contributed by atoms with Gasteiger partial charge in [-0.1, -0.05) is 12.8 Å². The Morgan fingerprint density at radius 2 is 1.60 bits per heavy atom. The second-order valence-corrected chi connectivity index (χ2v) is 8.01. The van der Waals surface area contributed by atoms with Crippen LogP contribution in [0, 0.1) is 0 Å². The molecular weight excluding hydrogens is 408 g/mol. The Bertz CT molecular complexity index is 836. The summed E-state index contributed by atoms with van der Waals surface area (Å²) < 4.78 is 16.0. The van der Waals surface area contributed by atoms with Gasteiger partial charge < -0.3 is 19.1 Å². The number of thioether (sulfide) groups is 1. The van der Waals surface area contributed by atoms with Crippen molar-refractivity contribution >= 4 is 34.9 Å². The van der Waals surface area contributed by atoms with E-state index in [0.29, 0.717) is 35.9 Å². The Balaban J connectivity index is 1.78. The average Bonchev–Trinajstić information content (AvgIpc) is 2.95. The second-order valence-electron chi connectivity index (χ2n) is 7.02. The lowest BCUT2D eigenvalue weighted by molar-refractivity contribution is -0.135. The Labute approximate surface area is 180 Å². The fraction of sp³-hybridized carbons (Fsp3) is 0.476. The van der Waals surface area contributed by atoms with Gasteiger partial charge >= 0.3 is 0 Å². The Kier molecular flexibility index (Phi) is 7.25.